The summed E-state index contributed by atoms with van der Waals surface area (Å²) in [5.41, 5.74) is 15.7. The van der Waals surface area contributed by atoms with Gasteiger partial charge in [-0.1, -0.05) is 30.8 Å². The maximum atomic E-state index is 12.2. The second kappa shape index (κ2) is 12.3. The first kappa shape index (κ1) is 29.3. The molecule has 1 amide bonds. The third-order valence-electron chi connectivity index (χ3n) is 8.12. The molecular weight excluding hydrogens is 536 g/mol. The van der Waals surface area contributed by atoms with Crippen LogP contribution in [0.15, 0.2) is 72.5 Å². The Hall–Kier alpha value is -5.20. The van der Waals surface area contributed by atoms with Gasteiger partial charge in [0.05, 0.1) is 5.69 Å². The van der Waals surface area contributed by atoms with Gasteiger partial charge in [-0.3, -0.25) is 9.79 Å². The molecular formula is C34H40N8O. The first-order chi connectivity index (χ1) is 20.8. The quantitative estimate of drug-likeness (QED) is 0.189. The van der Waals surface area contributed by atoms with Crippen LogP contribution >= 0.6 is 0 Å². The lowest BCUT2D eigenvalue weighted by Gasteiger charge is -2.34. The van der Waals surface area contributed by atoms with Crippen LogP contribution in [-0.4, -0.2) is 66.8 Å². The fourth-order valence-electron chi connectivity index (χ4n) is 5.61. The number of aryl methyl sites for hydroxylation is 2. The highest BCUT2D eigenvalue weighted by molar-refractivity contribution is 6.32. The number of benzene rings is 2. The molecule has 9 heteroatoms. The molecule has 0 unspecified atom stereocenters. The number of amides is 1. The van der Waals surface area contributed by atoms with Gasteiger partial charge in [0.1, 0.15) is 17.4 Å². The maximum Gasteiger partial charge on any atom is 0.247 e. The summed E-state index contributed by atoms with van der Waals surface area (Å²) in [7, 11) is 3.72. The minimum absolute atomic E-state index is 0. The second-order valence-corrected chi connectivity index (χ2v) is 10.7. The molecule has 1 aliphatic heterocycles. The van der Waals surface area contributed by atoms with Crippen LogP contribution in [-0.2, 0) is 4.79 Å². The molecule has 222 valence electrons. The molecule has 0 atom stereocenters. The molecule has 2 aromatic heterocycles. The van der Waals surface area contributed by atoms with Crippen molar-refractivity contribution in [3.05, 3.63) is 84.2 Å². The van der Waals surface area contributed by atoms with E-state index in [9.17, 15) is 10.1 Å². The van der Waals surface area contributed by atoms with Crippen molar-refractivity contribution in [2.75, 3.05) is 50.5 Å². The van der Waals surface area contributed by atoms with E-state index in [1.165, 1.54) is 18.0 Å². The summed E-state index contributed by atoms with van der Waals surface area (Å²) in [5.74, 6) is -0.278. The van der Waals surface area contributed by atoms with Crippen LogP contribution in [0.2, 0.25) is 0 Å². The number of nitriles is 1. The van der Waals surface area contributed by atoms with Gasteiger partial charge in [0.25, 0.3) is 0 Å². The van der Waals surface area contributed by atoms with Crippen molar-refractivity contribution < 1.29 is 7.65 Å². The third kappa shape index (κ3) is 5.65. The summed E-state index contributed by atoms with van der Waals surface area (Å²) in [6.07, 6.45) is 4.39. The predicted molar refractivity (Wildman–Crippen MR) is 180 cm³/mol. The number of aliphatic imine (C=N–C) groups is 1. The molecule has 2 aromatic carbocycles. The maximum absolute atomic E-state index is 12.2. The number of nitrogens with one attached hydrogen (secondary N) is 2. The van der Waals surface area contributed by atoms with E-state index in [-0.39, 0.29) is 14.5 Å². The standard InChI is InChI=1S/C34H36N8O.2H2/c1-6-30(43)39-28-17-24(8-7-21(28)2)32-31-22(3)27(26(18-35)29(19-36)37-4)20-38-34(31)40-33(32)23-9-11-25(12-10-23)42-15-13-41(5)14-16-42;;/h6-12,17-18,20H,1,13-16,35H2,2-5H3,(H,38,40)(H,39,43);2*1H/b26-18-,37-29?;;. The van der Waals surface area contributed by atoms with E-state index in [0.29, 0.717) is 16.9 Å². The minimum Gasteiger partial charge on any atom is -0.404 e. The number of rotatable bonds is 7. The van der Waals surface area contributed by atoms with Crippen LogP contribution in [0.5, 0.6) is 0 Å². The van der Waals surface area contributed by atoms with Crippen molar-refractivity contribution in [3.8, 4) is 28.5 Å². The van der Waals surface area contributed by atoms with Crippen molar-refractivity contribution >= 4 is 39.6 Å². The lowest BCUT2D eigenvalue weighted by molar-refractivity contribution is -0.111. The highest BCUT2D eigenvalue weighted by Crippen LogP contribution is 2.42. The topological polar surface area (TPSA) is 126 Å². The number of hydrogen-bond acceptors (Lipinski definition) is 7. The Kier molecular flexibility index (Phi) is 8.41. The van der Waals surface area contributed by atoms with Crippen LogP contribution in [0, 0.1) is 25.2 Å². The van der Waals surface area contributed by atoms with Crippen molar-refractivity contribution in [1.29, 1.82) is 5.26 Å². The zero-order valence-electron chi connectivity index (χ0n) is 25.0. The number of anilines is 2. The number of nitrogens with two attached hydrogens (primary N) is 1. The Labute approximate surface area is 255 Å². The Bertz CT molecular complexity index is 1810. The van der Waals surface area contributed by atoms with E-state index in [1.54, 1.807) is 13.2 Å². The summed E-state index contributed by atoms with van der Waals surface area (Å²) >= 11 is 0. The predicted octanol–water partition coefficient (Wildman–Crippen LogP) is 5.78. The molecule has 4 aromatic rings. The summed E-state index contributed by atoms with van der Waals surface area (Å²) in [6, 6.07) is 16.7. The normalized spacial score (nSPS) is 14.5. The van der Waals surface area contributed by atoms with Gasteiger partial charge in [0.15, 0.2) is 0 Å². The average molecular weight is 577 g/mol. The van der Waals surface area contributed by atoms with Crippen LogP contribution in [0.25, 0.3) is 39.0 Å². The van der Waals surface area contributed by atoms with Crippen molar-refractivity contribution in [2.45, 2.75) is 13.8 Å². The van der Waals surface area contributed by atoms with E-state index >= 15 is 0 Å². The van der Waals surface area contributed by atoms with Crippen LogP contribution in [0.1, 0.15) is 19.5 Å². The highest BCUT2D eigenvalue weighted by Gasteiger charge is 2.23. The number of carbonyl (C=O) groups is 1. The van der Waals surface area contributed by atoms with Gasteiger partial charge < -0.3 is 25.8 Å². The Morgan fingerprint density at radius 3 is 2.49 bits per heavy atom. The smallest absolute Gasteiger partial charge is 0.247 e. The van der Waals surface area contributed by atoms with Crippen LogP contribution in [0.4, 0.5) is 11.4 Å². The molecule has 1 saturated heterocycles. The molecule has 5 rings (SSSR count). The zero-order valence-corrected chi connectivity index (χ0v) is 25.0. The van der Waals surface area contributed by atoms with Gasteiger partial charge in [-0.05, 0) is 67.4 Å². The lowest BCUT2D eigenvalue weighted by atomic mass is 9.92. The monoisotopic (exact) mass is 576 g/mol. The number of H-pyrrole nitrogens is 1. The fourth-order valence-corrected chi connectivity index (χ4v) is 5.61. The zero-order chi connectivity index (χ0) is 30.7. The number of aromatic nitrogens is 2. The Balaban J connectivity index is 0.00000276. The van der Waals surface area contributed by atoms with Gasteiger partial charge in [-0.25, -0.2) is 4.98 Å². The molecule has 4 N–H and O–H groups in total. The number of hydrogen-bond donors (Lipinski definition) is 3. The minimum atomic E-state index is -0.278. The van der Waals surface area contributed by atoms with Crippen molar-refractivity contribution in [2.24, 2.45) is 10.7 Å². The molecule has 0 bridgehead atoms. The average Bonchev–Trinajstić information content (AvgIpc) is 3.42. The van der Waals surface area contributed by atoms with Gasteiger partial charge in [-0.15, -0.1) is 0 Å². The molecule has 0 radical (unpaired) electrons. The molecule has 0 aliphatic carbocycles. The summed E-state index contributed by atoms with van der Waals surface area (Å²) < 4.78 is 0. The number of nitrogens with zero attached hydrogens (tertiary/aromatic N) is 5. The second-order valence-electron chi connectivity index (χ2n) is 10.7. The van der Waals surface area contributed by atoms with Crippen LogP contribution < -0.4 is 16.0 Å². The molecule has 43 heavy (non-hydrogen) atoms. The summed E-state index contributed by atoms with van der Waals surface area (Å²) in [6.45, 7) is 11.6. The molecule has 1 aliphatic rings. The van der Waals surface area contributed by atoms with E-state index in [1.807, 2.05) is 32.0 Å². The van der Waals surface area contributed by atoms with Gasteiger partial charge in [-0.2, -0.15) is 5.26 Å². The SMILES string of the molecule is C=CC(=O)Nc1cc(-c2c(-c3ccc(N4CCN(C)CC4)cc3)[nH]c3ncc(/C(=C/N)C(C#N)=NC)c(C)c23)ccc1C.[HH].[HH]. The number of aromatic amines is 1. The van der Waals surface area contributed by atoms with Gasteiger partial charge in [0, 0.05) is 81.9 Å². The van der Waals surface area contributed by atoms with Crippen molar-refractivity contribution in [3.63, 3.8) is 0 Å². The molecule has 1 fully saturated rings. The largest absolute Gasteiger partial charge is 0.404 e. The van der Waals surface area contributed by atoms with Crippen molar-refractivity contribution in [1.82, 2.24) is 14.9 Å². The Morgan fingerprint density at radius 1 is 1.16 bits per heavy atom. The molecule has 0 saturated carbocycles. The summed E-state index contributed by atoms with van der Waals surface area (Å²) in [5, 5.41) is 13.5. The number of allylic oxidation sites excluding steroid dienone is 1. The van der Waals surface area contributed by atoms with E-state index < -0.39 is 0 Å². The fraction of sp³-hybridized carbons (Fsp3) is 0.235. The van der Waals surface area contributed by atoms with E-state index in [2.05, 4.69) is 69.1 Å². The van der Waals surface area contributed by atoms with Gasteiger partial charge in [0.2, 0.25) is 5.91 Å². The molecule has 0 spiro atoms. The number of fused-ring (bicyclic) bond motifs is 1. The Morgan fingerprint density at radius 2 is 1.86 bits per heavy atom. The number of piperazine rings is 1. The number of carbonyl (C=O) groups excluding carboxylic acids is 1. The first-order valence-electron chi connectivity index (χ1n) is 14.2. The van der Waals surface area contributed by atoms with E-state index in [4.69, 9.17) is 10.7 Å². The first-order valence-corrected chi connectivity index (χ1v) is 14.2. The lowest BCUT2D eigenvalue weighted by Crippen LogP contribution is -2.44. The van der Waals surface area contributed by atoms with Gasteiger partial charge >= 0.3 is 0 Å². The highest BCUT2D eigenvalue weighted by atomic mass is 16.1. The molecule has 3 heterocycles. The number of likely N-dealkylation sites (N-methyl/N-ethyl adjacent to an activating group) is 1. The van der Waals surface area contributed by atoms with Crippen LogP contribution in [0.3, 0.4) is 0 Å². The van der Waals surface area contributed by atoms with E-state index in [0.717, 1.165) is 70.6 Å². The molecule has 9 nitrogen and oxygen atoms in total. The summed E-state index contributed by atoms with van der Waals surface area (Å²) in [4.78, 5) is 29.5. The third-order valence-corrected chi connectivity index (χ3v) is 8.12. The number of pyridine rings is 1.